The van der Waals surface area contributed by atoms with Crippen LogP contribution in [0, 0.1) is 18.8 Å². The van der Waals surface area contributed by atoms with E-state index >= 15 is 0 Å². The van der Waals surface area contributed by atoms with Gasteiger partial charge in [0, 0.05) is 32.0 Å². The first-order chi connectivity index (χ1) is 12.6. The molecule has 2 N–H and O–H groups in total. The number of amides is 1. The Hall–Kier alpha value is -2.04. The topological polar surface area (TPSA) is 52.6 Å². The summed E-state index contributed by atoms with van der Waals surface area (Å²) in [5.41, 5.74) is 3.65. The molecule has 0 aromatic heterocycles. The average molecular weight is 387 g/mol. The second-order valence-electron chi connectivity index (χ2n) is 7.60. The van der Waals surface area contributed by atoms with Gasteiger partial charge in [-0.05, 0) is 48.1 Å². The van der Waals surface area contributed by atoms with Gasteiger partial charge in [0.15, 0.2) is 0 Å². The number of hydrogen-bond acceptors (Lipinski definition) is 3. The van der Waals surface area contributed by atoms with Crippen LogP contribution >= 0.6 is 12.4 Å². The summed E-state index contributed by atoms with van der Waals surface area (Å²) < 4.78 is 0. The van der Waals surface area contributed by atoms with Crippen LogP contribution < -0.4 is 5.32 Å². The van der Waals surface area contributed by atoms with Crippen LogP contribution in [-0.2, 0) is 11.2 Å². The molecule has 1 amide bonds. The van der Waals surface area contributed by atoms with Crippen molar-refractivity contribution in [1.82, 2.24) is 10.2 Å². The van der Waals surface area contributed by atoms with Crippen molar-refractivity contribution in [1.29, 1.82) is 0 Å². The Kier molecular flexibility index (Phi) is 6.08. The van der Waals surface area contributed by atoms with Gasteiger partial charge in [-0.1, -0.05) is 36.4 Å². The van der Waals surface area contributed by atoms with Crippen molar-refractivity contribution in [3.05, 3.63) is 65.2 Å². The highest BCUT2D eigenvalue weighted by Crippen LogP contribution is 2.43. The van der Waals surface area contributed by atoms with Crippen molar-refractivity contribution in [2.45, 2.75) is 25.8 Å². The van der Waals surface area contributed by atoms with Crippen LogP contribution in [0.15, 0.2) is 48.5 Å². The molecule has 0 saturated carbocycles. The Morgan fingerprint density at radius 1 is 1.15 bits per heavy atom. The number of fused-ring (bicyclic) bond motifs is 1. The van der Waals surface area contributed by atoms with Crippen molar-refractivity contribution < 1.29 is 9.90 Å². The summed E-state index contributed by atoms with van der Waals surface area (Å²) in [6.45, 7) is 5.00. The SMILES string of the molecule is Cc1ccccc1[C@@H]1[C@H]2CNC[C@H]2CN1C(=O)CCc1ccc(O)cc1.Cl. The first-order valence-corrected chi connectivity index (χ1v) is 9.47. The summed E-state index contributed by atoms with van der Waals surface area (Å²) in [6, 6.07) is 15.8. The Labute approximate surface area is 167 Å². The molecule has 2 heterocycles. The van der Waals surface area contributed by atoms with Crippen LogP contribution in [0.25, 0.3) is 0 Å². The van der Waals surface area contributed by atoms with Gasteiger partial charge in [0.2, 0.25) is 5.91 Å². The van der Waals surface area contributed by atoms with Gasteiger partial charge in [0.05, 0.1) is 6.04 Å². The third-order valence-corrected chi connectivity index (χ3v) is 5.96. The number of phenolic OH excluding ortho intramolecular Hbond substituents is 1. The zero-order valence-electron chi connectivity index (χ0n) is 15.6. The minimum atomic E-state index is 0. The molecule has 0 aliphatic carbocycles. The normalized spacial score (nSPS) is 23.7. The number of benzene rings is 2. The summed E-state index contributed by atoms with van der Waals surface area (Å²) in [5, 5.41) is 12.9. The maximum atomic E-state index is 13.1. The van der Waals surface area contributed by atoms with Crippen molar-refractivity contribution in [3.8, 4) is 5.75 Å². The summed E-state index contributed by atoms with van der Waals surface area (Å²) in [7, 11) is 0. The lowest BCUT2D eigenvalue weighted by atomic mass is 9.87. The summed E-state index contributed by atoms with van der Waals surface area (Å²) >= 11 is 0. The number of nitrogens with zero attached hydrogens (tertiary/aromatic N) is 1. The van der Waals surface area contributed by atoms with Crippen molar-refractivity contribution >= 4 is 18.3 Å². The molecule has 2 aliphatic rings. The molecular formula is C22H27ClN2O2. The molecule has 4 rings (SSSR count). The molecule has 4 nitrogen and oxygen atoms in total. The van der Waals surface area contributed by atoms with Crippen LogP contribution in [-0.4, -0.2) is 35.5 Å². The summed E-state index contributed by atoms with van der Waals surface area (Å²) in [5.74, 6) is 1.56. The Balaban J connectivity index is 0.00000210. The molecule has 0 bridgehead atoms. The number of rotatable bonds is 4. The van der Waals surface area contributed by atoms with Gasteiger partial charge in [-0.25, -0.2) is 0 Å². The molecule has 3 atom stereocenters. The molecule has 5 heteroatoms. The van der Waals surface area contributed by atoms with Crippen LogP contribution in [0.2, 0.25) is 0 Å². The van der Waals surface area contributed by atoms with Gasteiger partial charge in [0.25, 0.3) is 0 Å². The van der Waals surface area contributed by atoms with Crippen LogP contribution in [0.3, 0.4) is 0 Å². The zero-order chi connectivity index (χ0) is 18.1. The van der Waals surface area contributed by atoms with E-state index in [0.29, 0.717) is 24.7 Å². The number of likely N-dealkylation sites (tertiary alicyclic amines) is 1. The van der Waals surface area contributed by atoms with E-state index in [1.54, 1.807) is 12.1 Å². The van der Waals surface area contributed by atoms with Crippen LogP contribution in [0.4, 0.5) is 0 Å². The molecule has 2 aliphatic heterocycles. The first-order valence-electron chi connectivity index (χ1n) is 9.47. The van der Waals surface area contributed by atoms with E-state index in [2.05, 4.69) is 41.4 Å². The molecule has 0 spiro atoms. The third kappa shape index (κ3) is 3.97. The van der Waals surface area contributed by atoms with E-state index < -0.39 is 0 Å². The maximum Gasteiger partial charge on any atom is 0.223 e. The predicted molar refractivity (Wildman–Crippen MR) is 109 cm³/mol. The highest BCUT2D eigenvalue weighted by atomic mass is 35.5. The number of nitrogens with one attached hydrogen (secondary N) is 1. The van der Waals surface area contributed by atoms with E-state index in [1.165, 1.54) is 11.1 Å². The molecule has 144 valence electrons. The molecule has 2 aromatic carbocycles. The zero-order valence-corrected chi connectivity index (χ0v) is 16.4. The number of aromatic hydroxyl groups is 1. The standard InChI is InChI=1S/C22H26N2O2.ClH/c1-15-4-2-3-5-19(15)22-20-13-23-12-17(20)14-24(22)21(26)11-8-16-6-9-18(25)10-7-16;/h2-7,9-10,17,20,22-23,25H,8,11-14H2,1H3;1H/t17-,20-,22+;/m0./s1. The number of carbonyl (C=O) groups is 1. The number of aryl methyl sites for hydroxylation is 2. The average Bonchev–Trinajstić information content (AvgIpc) is 3.23. The lowest BCUT2D eigenvalue weighted by molar-refractivity contribution is -0.132. The molecule has 2 aromatic rings. The monoisotopic (exact) mass is 386 g/mol. The number of halogens is 1. The maximum absolute atomic E-state index is 13.1. The largest absolute Gasteiger partial charge is 0.508 e. The second kappa shape index (κ2) is 8.32. The van der Waals surface area contributed by atoms with Gasteiger partial charge < -0.3 is 15.3 Å². The molecule has 27 heavy (non-hydrogen) atoms. The third-order valence-electron chi connectivity index (χ3n) is 5.96. The number of carbonyl (C=O) groups excluding carboxylic acids is 1. The van der Waals surface area contributed by atoms with Gasteiger partial charge >= 0.3 is 0 Å². The molecule has 0 radical (unpaired) electrons. The fraction of sp³-hybridized carbons (Fsp3) is 0.409. The molecule has 2 fully saturated rings. The van der Waals surface area contributed by atoms with Gasteiger partial charge in [-0.2, -0.15) is 0 Å². The van der Waals surface area contributed by atoms with E-state index in [9.17, 15) is 9.90 Å². The minimum Gasteiger partial charge on any atom is -0.508 e. The molecule has 0 unspecified atom stereocenters. The van der Waals surface area contributed by atoms with Crippen molar-refractivity contribution in [2.24, 2.45) is 11.8 Å². The van der Waals surface area contributed by atoms with Gasteiger partial charge in [-0.15, -0.1) is 12.4 Å². The van der Waals surface area contributed by atoms with E-state index in [4.69, 9.17) is 0 Å². The lowest BCUT2D eigenvalue weighted by Gasteiger charge is -2.29. The highest BCUT2D eigenvalue weighted by molar-refractivity contribution is 5.85. The lowest BCUT2D eigenvalue weighted by Crippen LogP contribution is -2.35. The Morgan fingerprint density at radius 2 is 1.89 bits per heavy atom. The highest BCUT2D eigenvalue weighted by Gasteiger charge is 2.46. The Bertz CT molecular complexity index is 793. The minimum absolute atomic E-state index is 0. The fourth-order valence-corrected chi connectivity index (χ4v) is 4.55. The van der Waals surface area contributed by atoms with Crippen LogP contribution in [0.1, 0.15) is 29.2 Å². The van der Waals surface area contributed by atoms with Gasteiger partial charge in [-0.3, -0.25) is 4.79 Å². The van der Waals surface area contributed by atoms with E-state index in [-0.39, 0.29) is 30.1 Å². The first kappa shape index (κ1) is 19.7. The second-order valence-corrected chi connectivity index (χ2v) is 7.60. The summed E-state index contributed by atoms with van der Waals surface area (Å²) in [4.78, 5) is 15.2. The van der Waals surface area contributed by atoms with Crippen molar-refractivity contribution in [3.63, 3.8) is 0 Å². The van der Waals surface area contributed by atoms with Crippen molar-refractivity contribution in [2.75, 3.05) is 19.6 Å². The predicted octanol–water partition coefficient (Wildman–Crippen LogP) is 3.47. The molecular weight excluding hydrogens is 360 g/mol. The van der Waals surface area contributed by atoms with Crippen LogP contribution in [0.5, 0.6) is 5.75 Å². The van der Waals surface area contributed by atoms with E-state index in [1.807, 2.05) is 12.1 Å². The van der Waals surface area contributed by atoms with E-state index in [0.717, 1.165) is 25.2 Å². The van der Waals surface area contributed by atoms with Gasteiger partial charge in [0.1, 0.15) is 5.75 Å². The summed E-state index contributed by atoms with van der Waals surface area (Å²) in [6.07, 6.45) is 1.23. The molecule has 2 saturated heterocycles. The Morgan fingerprint density at radius 3 is 2.63 bits per heavy atom. The number of phenols is 1. The fourth-order valence-electron chi connectivity index (χ4n) is 4.55. The number of hydrogen-bond donors (Lipinski definition) is 2. The quantitative estimate of drug-likeness (QED) is 0.845. The smallest absolute Gasteiger partial charge is 0.223 e.